The van der Waals surface area contributed by atoms with E-state index in [1.54, 1.807) is 13.0 Å². The topological polar surface area (TPSA) is 21.3 Å². The fourth-order valence-electron chi connectivity index (χ4n) is 1.82. The molecule has 0 saturated carbocycles. The number of halogens is 1. The van der Waals surface area contributed by atoms with Crippen LogP contribution in [0.25, 0.3) is 0 Å². The van der Waals surface area contributed by atoms with Crippen LogP contribution in [0.4, 0.5) is 4.39 Å². The van der Waals surface area contributed by atoms with Crippen LogP contribution < -0.4 is 10.1 Å². The van der Waals surface area contributed by atoms with Crippen LogP contribution in [0.3, 0.4) is 0 Å². The van der Waals surface area contributed by atoms with Gasteiger partial charge in [-0.2, -0.15) is 0 Å². The SMILES string of the molecule is CCNC(COc1ccc(C)c(F)c1)C(C)CC. The number of benzene rings is 1. The van der Waals surface area contributed by atoms with Crippen LogP contribution in [-0.2, 0) is 0 Å². The third kappa shape index (κ3) is 4.30. The summed E-state index contributed by atoms with van der Waals surface area (Å²) in [5.74, 6) is 0.931. The van der Waals surface area contributed by atoms with E-state index in [2.05, 4.69) is 26.1 Å². The zero-order valence-corrected chi connectivity index (χ0v) is 11.8. The molecular weight excluding hydrogens is 229 g/mol. The Balaban J connectivity index is 2.58. The van der Waals surface area contributed by atoms with E-state index in [4.69, 9.17) is 4.74 Å². The molecule has 1 N–H and O–H groups in total. The van der Waals surface area contributed by atoms with Crippen LogP contribution in [0.2, 0.25) is 0 Å². The highest BCUT2D eigenvalue weighted by atomic mass is 19.1. The Morgan fingerprint density at radius 3 is 2.61 bits per heavy atom. The molecule has 0 saturated heterocycles. The molecular formula is C15H24FNO. The van der Waals surface area contributed by atoms with Gasteiger partial charge in [-0.3, -0.25) is 0 Å². The fourth-order valence-corrected chi connectivity index (χ4v) is 1.82. The van der Waals surface area contributed by atoms with Crippen LogP contribution in [0, 0.1) is 18.7 Å². The van der Waals surface area contributed by atoms with Gasteiger partial charge < -0.3 is 10.1 Å². The summed E-state index contributed by atoms with van der Waals surface area (Å²) in [4.78, 5) is 0. The van der Waals surface area contributed by atoms with Crippen molar-refractivity contribution in [1.82, 2.24) is 5.32 Å². The zero-order valence-electron chi connectivity index (χ0n) is 11.8. The molecule has 0 spiro atoms. The molecule has 0 radical (unpaired) electrons. The van der Waals surface area contributed by atoms with E-state index in [1.165, 1.54) is 6.07 Å². The number of ether oxygens (including phenoxy) is 1. The summed E-state index contributed by atoms with van der Waals surface area (Å²) in [5.41, 5.74) is 0.646. The van der Waals surface area contributed by atoms with Crippen molar-refractivity contribution in [3.63, 3.8) is 0 Å². The maximum absolute atomic E-state index is 13.4. The number of nitrogens with one attached hydrogen (secondary N) is 1. The van der Waals surface area contributed by atoms with Crippen LogP contribution >= 0.6 is 0 Å². The Morgan fingerprint density at radius 1 is 1.33 bits per heavy atom. The Kier molecular flexibility index (Phi) is 6.13. The second kappa shape index (κ2) is 7.37. The average Bonchev–Trinajstić information content (AvgIpc) is 2.37. The molecule has 102 valence electrons. The van der Waals surface area contributed by atoms with Crippen LogP contribution in [0.1, 0.15) is 32.8 Å². The molecule has 0 aromatic heterocycles. The molecule has 2 unspecified atom stereocenters. The van der Waals surface area contributed by atoms with Gasteiger partial charge in [0.15, 0.2) is 0 Å². The third-order valence-corrected chi connectivity index (χ3v) is 3.37. The second-order valence-electron chi connectivity index (χ2n) is 4.77. The lowest BCUT2D eigenvalue weighted by Crippen LogP contribution is -2.39. The van der Waals surface area contributed by atoms with Gasteiger partial charge in [0.2, 0.25) is 0 Å². The molecule has 18 heavy (non-hydrogen) atoms. The predicted molar refractivity (Wildman–Crippen MR) is 73.6 cm³/mol. The van der Waals surface area contributed by atoms with Crippen molar-refractivity contribution >= 4 is 0 Å². The molecule has 0 bridgehead atoms. The molecule has 2 nitrogen and oxygen atoms in total. The molecule has 0 amide bonds. The summed E-state index contributed by atoms with van der Waals surface area (Å²) >= 11 is 0. The summed E-state index contributed by atoms with van der Waals surface area (Å²) < 4.78 is 19.1. The smallest absolute Gasteiger partial charge is 0.129 e. The lowest BCUT2D eigenvalue weighted by atomic mass is 10.00. The van der Waals surface area contributed by atoms with Crippen LogP contribution in [-0.4, -0.2) is 19.2 Å². The van der Waals surface area contributed by atoms with Gasteiger partial charge in [0.05, 0.1) is 0 Å². The molecule has 0 aliphatic heterocycles. The molecule has 1 aromatic carbocycles. The molecule has 0 aliphatic carbocycles. The lowest BCUT2D eigenvalue weighted by molar-refractivity contribution is 0.222. The van der Waals surface area contributed by atoms with E-state index in [-0.39, 0.29) is 5.82 Å². The summed E-state index contributed by atoms with van der Waals surface area (Å²) in [6, 6.07) is 5.33. The van der Waals surface area contributed by atoms with Gasteiger partial charge in [-0.05, 0) is 31.0 Å². The Morgan fingerprint density at radius 2 is 2.06 bits per heavy atom. The van der Waals surface area contributed by atoms with Crippen molar-refractivity contribution in [3.8, 4) is 5.75 Å². The number of likely N-dealkylation sites (N-methyl/N-ethyl adjacent to an activating group) is 1. The number of hydrogen-bond acceptors (Lipinski definition) is 2. The summed E-state index contributed by atoms with van der Waals surface area (Å²) in [7, 11) is 0. The first-order chi connectivity index (χ1) is 8.58. The standard InChI is InChI=1S/C15H24FNO/c1-5-11(3)15(17-6-2)10-18-13-8-7-12(4)14(16)9-13/h7-9,11,15,17H,5-6,10H2,1-4H3. The fraction of sp³-hybridized carbons (Fsp3) is 0.600. The van der Waals surface area contributed by atoms with Gasteiger partial charge in [-0.25, -0.2) is 4.39 Å². The monoisotopic (exact) mass is 253 g/mol. The first-order valence-corrected chi connectivity index (χ1v) is 6.70. The normalized spacial score (nSPS) is 14.3. The molecule has 2 atom stereocenters. The van der Waals surface area contributed by atoms with E-state index < -0.39 is 0 Å². The summed E-state index contributed by atoms with van der Waals surface area (Å²) in [6.45, 7) is 9.69. The maximum atomic E-state index is 13.4. The van der Waals surface area contributed by atoms with Gasteiger partial charge in [-0.1, -0.05) is 33.3 Å². The molecule has 1 aromatic rings. The minimum Gasteiger partial charge on any atom is -0.492 e. The third-order valence-electron chi connectivity index (χ3n) is 3.37. The highest BCUT2D eigenvalue weighted by Crippen LogP contribution is 2.17. The number of hydrogen-bond donors (Lipinski definition) is 1. The number of aryl methyl sites for hydroxylation is 1. The van der Waals surface area contributed by atoms with Crippen molar-refractivity contribution in [3.05, 3.63) is 29.6 Å². The molecule has 3 heteroatoms. The van der Waals surface area contributed by atoms with Gasteiger partial charge >= 0.3 is 0 Å². The highest BCUT2D eigenvalue weighted by Gasteiger charge is 2.15. The van der Waals surface area contributed by atoms with Gasteiger partial charge in [0.25, 0.3) is 0 Å². The van der Waals surface area contributed by atoms with Crippen molar-refractivity contribution in [2.75, 3.05) is 13.2 Å². The lowest BCUT2D eigenvalue weighted by Gasteiger charge is -2.24. The number of rotatable bonds is 7. The minimum atomic E-state index is -0.212. The zero-order chi connectivity index (χ0) is 13.5. The van der Waals surface area contributed by atoms with Crippen molar-refractivity contribution < 1.29 is 9.13 Å². The van der Waals surface area contributed by atoms with E-state index in [0.717, 1.165) is 13.0 Å². The van der Waals surface area contributed by atoms with E-state index in [9.17, 15) is 4.39 Å². The summed E-state index contributed by atoms with van der Waals surface area (Å²) in [6.07, 6.45) is 1.10. The van der Waals surface area contributed by atoms with E-state index in [1.807, 2.05) is 6.07 Å². The van der Waals surface area contributed by atoms with Crippen molar-refractivity contribution in [1.29, 1.82) is 0 Å². The van der Waals surface area contributed by atoms with Crippen molar-refractivity contribution in [2.24, 2.45) is 5.92 Å². The summed E-state index contributed by atoms with van der Waals surface area (Å²) in [5, 5.41) is 3.41. The Hall–Kier alpha value is -1.09. The largest absolute Gasteiger partial charge is 0.492 e. The predicted octanol–water partition coefficient (Wildman–Crippen LogP) is 3.54. The van der Waals surface area contributed by atoms with Gasteiger partial charge in [0, 0.05) is 12.1 Å². The van der Waals surface area contributed by atoms with Gasteiger partial charge in [0.1, 0.15) is 18.2 Å². The molecule has 0 heterocycles. The second-order valence-corrected chi connectivity index (χ2v) is 4.77. The van der Waals surface area contributed by atoms with E-state index >= 15 is 0 Å². The highest BCUT2D eigenvalue weighted by molar-refractivity contribution is 5.28. The first-order valence-electron chi connectivity index (χ1n) is 6.70. The average molecular weight is 253 g/mol. The van der Waals surface area contributed by atoms with E-state index in [0.29, 0.717) is 29.9 Å². The first kappa shape index (κ1) is 15.0. The maximum Gasteiger partial charge on any atom is 0.129 e. The molecule has 0 aliphatic rings. The van der Waals surface area contributed by atoms with Crippen LogP contribution in [0.15, 0.2) is 18.2 Å². The Bertz CT molecular complexity index is 368. The van der Waals surface area contributed by atoms with Crippen LogP contribution in [0.5, 0.6) is 5.75 Å². The van der Waals surface area contributed by atoms with Gasteiger partial charge in [-0.15, -0.1) is 0 Å². The van der Waals surface area contributed by atoms with Crippen molar-refractivity contribution in [2.45, 2.75) is 40.2 Å². The quantitative estimate of drug-likeness (QED) is 0.802. The minimum absolute atomic E-state index is 0.212. The Labute approximate surface area is 110 Å². The molecule has 1 rings (SSSR count). The molecule has 0 fully saturated rings.